The zero-order chi connectivity index (χ0) is 17.7. The third kappa shape index (κ3) is 2.35. The maximum atomic E-state index is 13.1. The van der Waals surface area contributed by atoms with Gasteiger partial charge in [0.2, 0.25) is 0 Å². The molecule has 8 nitrogen and oxygen atoms in total. The highest BCUT2D eigenvalue weighted by molar-refractivity contribution is 5.95. The first-order valence-corrected chi connectivity index (χ1v) is 7.63. The van der Waals surface area contributed by atoms with Crippen LogP contribution in [0.4, 0.5) is 14.9 Å². The van der Waals surface area contributed by atoms with Crippen LogP contribution >= 0.6 is 0 Å². The van der Waals surface area contributed by atoms with Crippen LogP contribution in [-0.4, -0.2) is 25.5 Å². The first kappa shape index (κ1) is 15.3. The quantitative estimate of drug-likeness (QED) is 0.724. The molecule has 0 spiro atoms. The minimum absolute atomic E-state index is 0.135. The number of carbonyl (C=O) groups is 1. The second kappa shape index (κ2) is 5.40. The fourth-order valence-electron chi connectivity index (χ4n) is 2.92. The summed E-state index contributed by atoms with van der Waals surface area (Å²) >= 11 is 0. The number of aromatic nitrogens is 4. The number of halogens is 1. The van der Waals surface area contributed by atoms with E-state index in [1.807, 2.05) is 0 Å². The summed E-state index contributed by atoms with van der Waals surface area (Å²) in [6.45, 7) is 3.79. The summed E-state index contributed by atoms with van der Waals surface area (Å²) in [5.74, 6) is 0.537. The van der Waals surface area contributed by atoms with E-state index in [1.54, 1.807) is 13.8 Å². The van der Waals surface area contributed by atoms with E-state index >= 15 is 0 Å². The maximum absolute atomic E-state index is 13.1. The molecule has 3 heterocycles. The van der Waals surface area contributed by atoms with E-state index in [-0.39, 0.29) is 18.9 Å². The van der Waals surface area contributed by atoms with Gasteiger partial charge in [0.25, 0.3) is 0 Å². The third-order valence-electron chi connectivity index (χ3n) is 4.27. The molecule has 0 radical (unpaired) electrons. The Balaban J connectivity index is 1.72. The van der Waals surface area contributed by atoms with E-state index in [1.165, 1.54) is 38.5 Å². The first-order valence-electron chi connectivity index (χ1n) is 7.63. The monoisotopic (exact) mass is 343 g/mol. The zero-order valence-corrected chi connectivity index (χ0v) is 13.6. The van der Waals surface area contributed by atoms with Crippen LogP contribution < -0.4 is 10.6 Å². The van der Waals surface area contributed by atoms with Crippen LogP contribution in [-0.2, 0) is 13.1 Å². The molecule has 0 N–H and O–H groups in total. The molecule has 4 rings (SSSR count). The molecule has 1 aliphatic heterocycles. The molecular formula is C16H14FN5O3. The summed E-state index contributed by atoms with van der Waals surface area (Å²) < 4.78 is 20.7. The van der Waals surface area contributed by atoms with Gasteiger partial charge in [0, 0.05) is 11.3 Å². The summed E-state index contributed by atoms with van der Waals surface area (Å²) in [5.41, 5.74) is 1.41. The summed E-state index contributed by atoms with van der Waals surface area (Å²) in [7, 11) is 0. The van der Waals surface area contributed by atoms with E-state index in [2.05, 4.69) is 10.1 Å². The number of rotatable bonds is 3. The Hall–Kier alpha value is -3.23. The topological polar surface area (TPSA) is 86.2 Å². The minimum Gasteiger partial charge on any atom is -0.361 e. The van der Waals surface area contributed by atoms with Crippen LogP contribution in [0.15, 0.2) is 33.6 Å². The molecule has 1 aromatic carbocycles. The summed E-state index contributed by atoms with van der Waals surface area (Å²) in [4.78, 5) is 30.4. The van der Waals surface area contributed by atoms with Gasteiger partial charge < -0.3 is 4.52 Å². The van der Waals surface area contributed by atoms with Gasteiger partial charge in [0.05, 0.1) is 18.8 Å². The molecule has 0 atom stereocenters. The SMILES string of the molecule is Cc1noc(C)c1Cn1c(=O)nc2n1C(=O)N(c1ccc(F)cc1)C2. The van der Waals surface area contributed by atoms with E-state index in [4.69, 9.17) is 4.52 Å². The Morgan fingerprint density at radius 1 is 1.20 bits per heavy atom. The summed E-state index contributed by atoms with van der Waals surface area (Å²) in [5, 5.41) is 3.86. The normalized spacial score (nSPS) is 13.6. The van der Waals surface area contributed by atoms with Gasteiger partial charge in [-0.1, -0.05) is 5.16 Å². The Bertz CT molecular complexity index is 1010. The van der Waals surface area contributed by atoms with Crippen molar-refractivity contribution in [2.45, 2.75) is 26.9 Å². The molecule has 0 unspecified atom stereocenters. The van der Waals surface area contributed by atoms with Crippen LogP contribution in [0, 0.1) is 19.7 Å². The molecule has 0 bridgehead atoms. The number of hydrogen-bond donors (Lipinski definition) is 0. The van der Waals surface area contributed by atoms with Crippen LogP contribution in [0.3, 0.4) is 0 Å². The molecule has 25 heavy (non-hydrogen) atoms. The van der Waals surface area contributed by atoms with Gasteiger partial charge in [-0.3, -0.25) is 4.90 Å². The number of anilines is 1. The Morgan fingerprint density at radius 3 is 2.56 bits per heavy atom. The number of fused-ring (bicyclic) bond motifs is 1. The second-order valence-corrected chi connectivity index (χ2v) is 5.83. The molecule has 3 aromatic rings. The zero-order valence-electron chi connectivity index (χ0n) is 13.6. The van der Waals surface area contributed by atoms with Crippen LogP contribution in [0.5, 0.6) is 0 Å². The number of benzene rings is 1. The van der Waals surface area contributed by atoms with Crippen molar-refractivity contribution in [2.24, 2.45) is 0 Å². The molecule has 0 aliphatic carbocycles. The van der Waals surface area contributed by atoms with Crippen molar-refractivity contribution in [3.8, 4) is 0 Å². The molecular weight excluding hydrogens is 329 g/mol. The van der Waals surface area contributed by atoms with Crippen molar-refractivity contribution in [1.29, 1.82) is 0 Å². The number of aryl methyl sites for hydroxylation is 2. The lowest BCUT2D eigenvalue weighted by Crippen LogP contribution is -2.34. The third-order valence-corrected chi connectivity index (χ3v) is 4.27. The van der Waals surface area contributed by atoms with E-state index in [0.717, 1.165) is 5.56 Å². The van der Waals surface area contributed by atoms with E-state index in [0.29, 0.717) is 23.0 Å². The molecule has 0 saturated heterocycles. The van der Waals surface area contributed by atoms with Crippen molar-refractivity contribution >= 4 is 11.7 Å². The average molecular weight is 343 g/mol. The van der Waals surface area contributed by atoms with Crippen molar-refractivity contribution in [3.63, 3.8) is 0 Å². The van der Waals surface area contributed by atoms with Gasteiger partial charge in [-0.25, -0.2) is 18.7 Å². The fraction of sp³-hybridized carbons (Fsp3) is 0.250. The highest BCUT2D eigenvalue weighted by atomic mass is 19.1. The molecule has 9 heteroatoms. The molecule has 128 valence electrons. The van der Waals surface area contributed by atoms with Crippen LogP contribution in [0.2, 0.25) is 0 Å². The average Bonchev–Trinajstić information content (AvgIpc) is 3.18. The van der Waals surface area contributed by atoms with Crippen molar-refractivity contribution in [1.82, 2.24) is 19.5 Å². The Kier molecular flexibility index (Phi) is 3.31. The smallest absolute Gasteiger partial charge is 0.361 e. The van der Waals surface area contributed by atoms with Gasteiger partial charge in [-0.2, -0.15) is 9.67 Å². The van der Waals surface area contributed by atoms with Gasteiger partial charge in [0.15, 0.2) is 5.82 Å². The highest BCUT2D eigenvalue weighted by Crippen LogP contribution is 2.23. The molecule has 0 saturated carbocycles. The van der Waals surface area contributed by atoms with Crippen molar-refractivity contribution < 1.29 is 13.7 Å². The summed E-state index contributed by atoms with van der Waals surface area (Å²) in [6.07, 6.45) is 0. The number of nitrogens with zero attached hydrogens (tertiary/aromatic N) is 5. The lowest BCUT2D eigenvalue weighted by molar-refractivity contribution is 0.244. The number of hydrogen-bond acceptors (Lipinski definition) is 5. The lowest BCUT2D eigenvalue weighted by atomic mass is 10.2. The predicted octanol–water partition coefficient (Wildman–Crippen LogP) is 1.83. The van der Waals surface area contributed by atoms with Gasteiger partial charge >= 0.3 is 11.7 Å². The van der Waals surface area contributed by atoms with Crippen molar-refractivity contribution in [3.05, 3.63) is 63.4 Å². The van der Waals surface area contributed by atoms with E-state index in [9.17, 15) is 14.0 Å². The van der Waals surface area contributed by atoms with Crippen LogP contribution in [0.25, 0.3) is 0 Å². The standard InChI is InChI=1S/C16H14FN5O3/c1-9-13(10(2)25-19-9)7-21-15(23)18-14-8-20(16(24)22(14)21)12-5-3-11(17)4-6-12/h3-6H,7-8H2,1-2H3. The predicted molar refractivity (Wildman–Crippen MR) is 84.9 cm³/mol. The molecule has 1 aliphatic rings. The fourth-order valence-corrected chi connectivity index (χ4v) is 2.92. The summed E-state index contributed by atoms with van der Waals surface area (Å²) in [6, 6.07) is 5.16. The second-order valence-electron chi connectivity index (χ2n) is 5.83. The Labute approximate surface area is 141 Å². The molecule has 2 aromatic heterocycles. The Morgan fingerprint density at radius 2 is 1.92 bits per heavy atom. The van der Waals surface area contributed by atoms with Crippen molar-refractivity contribution in [2.75, 3.05) is 4.90 Å². The first-order chi connectivity index (χ1) is 12.0. The number of carbonyl (C=O) groups excluding carboxylic acids is 1. The van der Waals surface area contributed by atoms with E-state index < -0.39 is 11.7 Å². The highest BCUT2D eigenvalue weighted by Gasteiger charge is 2.33. The molecule has 0 fully saturated rings. The minimum atomic E-state index is -0.512. The lowest BCUT2D eigenvalue weighted by Gasteiger charge is -2.15. The van der Waals surface area contributed by atoms with Gasteiger partial charge in [0.1, 0.15) is 11.6 Å². The van der Waals surface area contributed by atoms with Gasteiger partial charge in [-0.15, -0.1) is 0 Å². The number of amides is 1. The largest absolute Gasteiger partial charge is 0.364 e. The van der Waals surface area contributed by atoms with Crippen LogP contribution in [0.1, 0.15) is 22.8 Å². The maximum Gasteiger partial charge on any atom is 0.364 e. The van der Waals surface area contributed by atoms with Gasteiger partial charge in [-0.05, 0) is 38.1 Å². The molecule has 1 amide bonds.